The lowest BCUT2D eigenvalue weighted by molar-refractivity contribution is 0.654. The molecule has 4 nitrogen and oxygen atoms in total. The van der Waals surface area contributed by atoms with Gasteiger partial charge in [-0.1, -0.05) is 176 Å². The molecule has 11 aromatic rings. The summed E-state index contributed by atoms with van der Waals surface area (Å²) >= 11 is 0. The van der Waals surface area contributed by atoms with Crippen molar-refractivity contribution in [3.05, 3.63) is 229 Å². The average molecular weight is 765 g/mol. The average Bonchev–Trinajstić information content (AvgIpc) is 3.84. The summed E-state index contributed by atoms with van der Waals surface area (Å²) in [6.07, 6.45) is 2.54. The maximum atomic E-state index is 5.44. The predicted octanol–water partition coefficient (Wildman–Crippen LogP) is 14.1. The Kier molecular flexibility index (Phi) is 7.10. The highest BCUT2D eigenvalue weighted by molar-refractivity contribution is 6.22. The summed E-state index contributed by atoms with van der Waals surface area (Å²) < 4.78 is 2.50. The van der Waals surface area contributed by atoms with Gasteiger partial charge in [-0.25, -0.2) is 9.97 Å². The molecule has 0 amide bonds. The van der Waals surface area contributed by atoms with E-state index in [1.54, 1.807) is 0 Å². The number of anilines is 2. The summed E-state index contributed by atoms with van der Waals surface area (Å²) in [7, 11) is 0. The monoisotopic (exact) mass is 764 g/mol. The highest BCUT2D eigenvalue weighted by Crippen LogP contribution is 2.58. The van der Waals surface area contributed by atoms with Crippen LogP contribution in [0.15, 0.2) is 206 Å². The molecule has 280 valence electrons. The highest BCUT2D eigenvalue weighted by atomic mass is 15.3. The van der Waals surface area contributed by atoms with Crippen molar-refractivity contribution in [3.8, 4) is 16.9 Å². The molecule has 0 N–H and O–H groups in total. The number of fused-ring (bicyclic) bond motifs is 12. The molecule has 3 heterocycles. The number of rotatable bonds is 4. The number of aromatic nitrogens is 3. The fourth-order valence-electron chi connectivity index (χ4n) is 10.4. The molecule has 0 saturated carbocycles. The van der Waals surface area contributed by atoms with Crippen molar-refractivity contribution in [2.45, 2.75) is 12.0 Å². The second-order valence-corrected chi connectivity index (χ2v) is 16.0. The molecule has 2 atom stereocenters. The molecule has 0 radical (unpaired) electrons. The quantitative estimate of drug-likeness (QED) is 0.179. The zero-order valence-electron chi connectivity index (χ0n) is 32.6. The maximum Gasteiger partial charge on any atom is 0.231 e. The Balaban J connectivity index is 1.06. The Morgan fingerprint density at radius 2 is 1.08 bits per heavy atom. The van der Waals surface area contributed by atoms with Crippen LogP contribution >= 0.6 is 0 Å². The first-order valence-corrected chi connectivity index (χ1v) is 20.7. The van der Waals surface area contributed by atoms with Crippen LogP contribution in [0.2, 0.25) is 0 Å². The predicted molar refractivity (Wildman–Crippen MR) is 248 cm³/mol. The van der Waals surface area contributed by atoms with Crippen molar-refractivity contribution in [2.75, 3.05) is 4.90 Å². The van der Waals surface area contributed by atoms with Crippen LogP contribution in [0.5, 0.6) is 0 Å². The molecular weight excluding hydrogens is 729 g/mol. The molecule has 60 heavy (non-hydrogen) atoms. The summed E-state index contributed by atoms with van der Waals surface area (Å²) in [6.45, 7) is 0. The Hall–Kier alpha value is -7.82. The van der Waals surface area contributed by atoms with Gasteiger partial charge in [0.25, 0.3) is 0 Å². The van der Waals surface area contributed by atoms with Gasteiger partial charge in [-0.05, 0) is 68.9 Å². The minimum absolute atomic E-state index is 0.0320. The van der Waals surface area contributed by atoms with Crippen molar-refractivity contribution in [3.63, 3.8) is 0 Å². The fraction of sp³-hybridized carbons (Fsp3) is 0.0357. The van der Waals surface area contributed by atoms with Crippen LogP contribution < -0.4 is 4.90 Å². The second-order valence-electron chi connectivity index (χ2n) is 16.0. The molecule has 2 unspecified atom stereocenters. The van der Waals surface area contributed by atoms with Crippen molar-refractivity contribution in [2.24, 2.45) is 0 Å². The molecule has 1 aliphatic carbocycles. The van der Waals surface area contributed by atoms with Crippen molar-refractivity contribution < 1.29 is 0 Å². The summed E-state index contributed by atoms with van der Waals surface area (Å²) in [5, 5.41) is 8.49. The first kappa shape index (κ1) is 33.2. The normalized spacial score (nSPS) is 15.7. The zero-order chi connectivity index (χ0) is 39.3. The molecule has 9 aromatic carbocycles. The minimum atomic E-state index is -0.0320. The molecule has 0 saturated heterocycles. The van der Waals surface area contributed by atoms with E-state index in [1.807, 2.05) is 0 Å². The lowest BCUT2D eigenvalue weighted by atomic mass is 9.76. The van der Waals surface area contributed by atoms with Crippen molar-refractivity contribution in [1.82, 2.24) is 14.5 Å². The Bertz CT molecular complexity index is 3580. The van der Waals surface area contributed by atoms with Gasteiger partial charge in [0.2, 0.25) is 5.95 Å². The molecular formula is C56H36N4. The van der Waals surface area contributed by atoms with E-state index in [-0.39, 0.29) is 12.0 Å². The van der Waals surface area contributed by atoms with Crippen LogP contribution in [0.4, 0.5) is 11.6 Å². The van der Waals surface area contributed by atoms with Gasteiger partial charge < -0.3 is 9.47 Å². The zero-order valence-corrected chi connectivity index (χ0v) is 32.6. The van der Waals surface area contributed by atoms with E-state index in [2.05, 4.69) is 216 Å². The van der Waals surface area contributed by atoms with E-state index in [0.29, 0.717) is 5.95 Å². The van der Waals surface area contributed by atoms with Gasteiger partial charge in [-0.3, -0.25) is 0 Å². The number of nitrogens with zero attached hydrogens (tertiary/aromatic N) is 4. The summed E-state index contributed by atoms with van der Waals surface area (Å²) in [5.41, 5.74) is 14.0. The van der Waals surface area contributed by atoms with Crippen LogP contribution in [0.1, 0.15) is 34.2 Å². The Morgan fingerprint density at radius 3 is 1.97 bits per heavy atom. The molecule has 4 heteroatoms. The standard InChI is InChI=1S/C56H36N4/c1-2-18-36(19-3-1)53-44-28-10-13-29-49(44)57-56(58-53)60-52-31-15-12-25-41(52)48-34-46(39-23-7-9-27-43(39)55(48)60)45-33-47-40-24-11-14-30-51(40)59(54(47)42-26-8-6-22-38(42)45)50-32-16-20-35-17-4-5-21-37(35)50/h1-34,48,55H. The second kappa shape index (κ2) is 12.8. The number of hydrogen-bond acceptors (Lipinski definition) is 3. The first-order chi connectivity index (χ1) is 29.8. The number of para-hydroxylation sites is 3. The SMILES string of the molecule is C1=C(c2cc3c4ccccc4n(-c4cccc5ccccc45)c3c3ccccc23)c2ccccc2C2C1c1ccccc1N2c1nc(-c2ccccc2)c2ccccc2n1. The summed E-state index contributed by atoms with van der Waals surface area (Å²) in [5.74, 6) is 0.778. The third-order valence-electron chi connectivity index (χ3n) is 12.9. The van der Waals surface area contributed by atoms with Crippen LogP contribution in [-0.4, -0.2) is 14.5 Å². The third-order valence-corrected chi connectivity index (χ3v) is 12.9. The first-order valence-electron chi connectivity index (χ1n) is 20.7. The molecule has 0 bridgehead atoms. The minimum Gasteiger partial charge on any atom is -0.308 e. The van der Waals surface area contributed by atoms with E-state index in [4.69, 9.17) is 9.97 Å². The van der Waals surface area contributed by atoms with Gasteiger partial charge in [-0.15, -0.1) is 0 Å². The van der Waals surface area contributed by atoms with Crippen LogP contribution in [-0.2, 0) is 0 Å². The Labute approximate surface area is 347 Å². The largest absolute Gasteiger partial charge is 0.308 e. The van der Waals surface area contributed by atoms with E-state index < -0.39 is 0 Å². The van der Waals surface area contributed by atoms with Gasteiger partial charge >= 0.3 is 0 Å². The van der Waals surface area contributed by atoms with Crippen LogP contribution in [0.25, 0.3) is 76.8 Å². The maximum absolute atomic E-state index is 5.44. The van der Waals surface area contributed by atoms with E-state index >= 15 is 0 Å². The smallest absolute Gasteiger partial charge is 0.231 e. The number of benzene rings is 9. The van der Waals surface area contributed by atoms with E-state index in [0.717, 1.165) is 27.8 Å². The van der Waals surface area contributed by atoms with Crippen molar-refractivity contribution in [1.29, 1.82) is 0 Å². The lowest BCUT2D eigenvalue weighted by Gasteiger charge is -2.34. The van der Waals surface area contributed by atoms with Gasteiger partial charge in [-0.2, -0.15) is 0 Å². The summed E-state index contributed by atoms with van der Waals surface area (Å²) in [6, 6.07) is 72.5. The van der Waals surface area contributed by atoms with Gasteiger partial charge in [0, 0.05) is 44.1 Å². The van der Waals surface area contributed by atoms with E-state index in [9.17, 15) is 0 Å². The highest BCUT2D eigenvalue weighted by Gasteiger charge is 2.44. The topological polar surface area (TPSA) is 34.0 Å². The van der Waals surface area contributed by atoms with Gasteiger partial charge in [0.05, 0.1) is 34.0 Å². The molecule has 0 fully saturated rings. The van der Waals surface area contributed by atoms with E-state index in [1.165, 1.54) is 76.9 Å². The fourth-order valence-corrected chi connectivity index (χ4v) is 10.4. The summed E-state index contributed by atoms with van der Waals surface area (Å²) in [4.78, 5) is 13.2. The van der Waals surface area contributed by atoms with Gasteiger partial charge in [0.1, 0.15) is 0 Å². The third kappa shape index (κ3) is 4.73. The molecule has 0 spiro atoms. The number of hydrogen-bond donors (Lipinski definition) is 0. The van der Waals surface area contributed by atoms with Crippen LogP contribution in [0.3, 0.4) is 0 Å². The van der Waals surface area contributed by atoms with Gasteiger partial charge in [0.15, 0.2) is 0 Å². The Morgan fingerprint density at radius 1 is 0.433 bits per heavy atom. The molecule has 2 aliphatic rings. The molecule has 13 rings (SSSR count). The molecule has 2 aromatic heterocycles. The lowest BCUT2D eigenvalue weighted by Crippen LogP contribution is -2.26. The van der Waals surface area contributed by atoms with Crippen molar-refractivity contribution >= 4 is 71.5 Å². The van der Waals surface area contributed by atoms with Crippen LogP contribution in [0, 0.1) is 0 Å². The molecule has 1 aliphatic heterocycles.